The van der Waals surface area contributed by atoms with Crippen LogP contribution in [0.2, 0.25) is 0 Å². The Morgan fingerprint density at radius 1 is 1.11 bits per heavy atom. The number of carbonyl (C=O) groups is 1. The van der Waals surface area contributed by atoms with Crippen LogP contribution in [-0.2, 0) is 11.2 Å². The van der Waals surface area contributed by atoms with E-state index in [-0.39, 0.29) is 11.7 Å². The van der Waals surface area contributed by atoms with Gasteiger partial charge in [0, 0.05) is 30.6 Å². The van der Waals surface area contributed by atoms with Gasteiger partial charge in [0.1, 0.15) is 18.0 Å². The summed E-state index contributed by atoms with van der Waals surface area (Å²) >= 11 is 0. The lowest BCUT2D eigenvalue weighted by molar-refractivity contribution is -0.118. The molecule has 0 spiro atoms. The molecule has 1 aromatic heterocycles. The second kappa shape index (κ2) is 8.58. The topological polar surface area (TPSA) is 58.1 Å². The van der Waals surface area contributed by atoms with Crippen molar-refractivity contribution in [3.8, 4) is 0 Å². The Kier molecular flexibility index (Phi) is 5.96. The average molecular weight is 366 g/mol. The van der Waals surface area contributed by atoms with Gasteiger partial charge in [0.2, 0.25) is 5.91 Å². The number of anilines is 2. The van der Waals surface area contributed by atoms with E-state index in [0.717, 1.165) is 17.7 Å². The van der Waals surface area contributed by atoms with Crippen LogP contribution in [0.5, 0.6) is 0 Å². The number of aromatic nitrogens is 2. The average Bonchev–Trinajstić information content (AvgIpc) is 2.69. The third-order valence-electron chi connectivity index (χ3n) is 4.47. The van der Waals surface area contributed by atoms with Gasteiger partial charge in [-0.3, -0.25) is 4.79 Å². The summed E-state index contributed by atoms with van der Waals surface area (Å²) in [5.74, 6) is 0.439. The molecule has 3 aromatic rings. The molecule has 140 valence electrons. The monoisotopic (exact) mass is 366 g/mol. The van der Waals surface area contributed by atoms with E-state index in [4.69, 9.17) is 0 Å². The maximum atomic E-state index is 13.5. The second-order valence-electron chi connectivity index (χ2n) is 6.22. The zero-order chi connectivity index (χ0) is 19.2. The molecule has 0 radical (unpaired) electrons. The number of nitrogens with one attached hydrogen (secondary N) is 1. The highest BCUT2D eigenvalue weighted by Gasteiger charge is 2.11. The number of benzene rings is 2. The number of amides is 1. The first-order valence-corrected chi connectivity index (χ1v) is 9.15. The van der Waals surface area contributed by atoms with Gasteiger partial charge in [0.25, 0.3) is 0 Å². The highest BCUT2D eigenvalue weighted by Crippen LogP contribution is 2.20. The molecule has 0 saturated carbocycles. The van der Waals surface area contributed by atoms with Gasteiger partial charge >= 0.3 is 0 Å². The summed E-state index contributed by atoms with van der Waals surface area (Å²) in [6.07, 6.45) is 2.75. The van der Waals surface area contributed by atoms with E-state index in [1.807, 2.05) is 38.1 Å². The number of rotatable bonds is 7. The third-order valence-corrected chi connectivity index (χ3v) is 4.47. The van der Waals surface area contributed by atoms with Gasteiger partial charge in [0.15, 0.2) is 0 Å². The minimum absolute atomic E-state index is 0.120. The first-order valence-electron chi connectivity index (χ1n) is 9.15. The lowest BCUT2D eigenvalue weighted by Crippen LogP contribution is -2.29. The van der Waals surface area contributed by atoms with E-state index < -0.39 is 0 Å². The summed E-state index contributed by atoms with van der Waals surface area (Å²) in [7, 11) is 0. The standard InChI is InChI=1S/C21H23FN4O/c1-3-20(27)26(4-2)17-8-5-15(6-9-17)11-12-23-21-18-13-16(22)7-10-19(18)24-14-25-21/h5-10,13-14H,3-4,11-12H2,1-2H3,(H,23,24,25). The quantitative estimate of drug-likeness (QED) is 0.681. The lowest BCUT2D eigenvalue weighted by atomic mass is 10.1. The summed E-state index contributed by atoms with van der Waals surface area (Å²) in [4.78, 5) is 22.1. The van der Waals surface area contributed by atoms with E-state index in [0.29, 0.717) is 36.2 Å². The Labute approximate surface area is 158 Å². The summed E-state index contributed by atoms with van der Waals surface area (Å²) in [5.41, 5.74) is 2.77. The Bertz CT molecular complexity index is 927. The van der Waals surface area contributed by atoms with Crippen LogP contribution in [0, 0.1) is 5.82 Å². The largest absolute Gasteiger partial charge is 0.369 e. The molecule has 0 saturated heterocycles. The number of fused-ring (bicyclic) bond motifs is 1. The normalized spacial score (nSPS) is 10.8. The number of halogens is 1. The lowest BCUT2D eigenvalue weighted by Gasteiger charge is -2.20. The van der Waals surface area contributed by atoms with Crippen LogP contribution in [0.15, 0.2) is 48.8 Å². The predicted octanol–water partition coefficient (Wildman–Crippen LogP) is 4.19. The van der Waals surface area contributed by atoms with Gasteiger partial charge in [-0.05, 0) is 49.2 Å². The zero-order valence-electron chi connectivity index (χ0n) is 15.6. The third kappa shape index (κ3) is 4.39. The van der Waals surface area contributed by atoms with Crippen molar-refractivity contribution in [2.75, 3.05) is 23.3 Å². The molecular weight excluding hydrogens is 343 g/mol. The van der Waals surface area contributed by atoms with Gasteiger partial charge < -0.3 is 10.2 Å². The summed E-state index contributed by atoms with van der Waals surface area (Å²) in [6.45, 7) is 5.16. The molecule has 0 unspecified atom stereocenters. The molecule has 27 heavy (non-hydrogen) atoms. The van der Waals surface area contributed by atoms with Crippen LogP contribution in [0.1, 0.15) is 25.8 Å². The Hall–Kier alpha value is -3.02. The molecule has 0 aliphatic heterocycles. The maximum absolute atomic E-state index is 13.5. The molecule has 0 fully saturated rings. The van der Waals surface area contributed by atoms with E-state index >= 15 is 0 Å². The predicted molar refractivity (Wildman–Crippen MR) is 106 cm³/mol. The molecule has 1 amide bonds. The molecular formula is C21H23FN4O. The summed E-state index contributed by atoms with van der Waals surface area (Å²) in [5, 5.41) is 3.93. The maximum Gasteiger partial charge on any atom is 0.226 e. The van der Waals surface area contributed by atoms with Gasteiger partial charge in [-0.15, -0.1) is 0 Å². The van der Waals surface area contributed by atoms with Crippen LogP contribution < -0.4 is 10.2 Å². The van der Waals surface area contributed by atoms with E-state index in [2.05, 4.69) is 15.3 Å². The number of carbonyl (C=O) groups excluding carboxylic acids is 1. The molecule has 0 aliphatic carbocycles. The second-order valence-corrected chi connectivity index (χ2v) is 6.22. The smallest absolute Gasteiger partial charge is 0.226 e. The fraction of sp³-hybridized carbons (Fsp3) is 0.286. The fourth-order valence-electron chi connectivity index (χ4n) is 3.03. The highest BCUT2D eigenvalue weighted by molar-refractivity contribution is 5.93. The van der Waals surface area contributed by atoms with Crippen LogP contribution >= 0.6 is 0 Å². The van der Waals surface area contributed by atoms with E-state index in [9.17, 15) is 9.18 Å². The molecule has 3 rings (SSSR count). The van der Waals surface area contributed by atoms with Gasteiger partial charge in [-0.1, -0.05) is 19.1 Å². The molecule has 1 heterocycles. The molecule has 6 heteroatoms. The van der Waals surface area contributed by atoms with Gasteiger partial charge in [-0.25, -0.2) is 14.4 Å². The number of nitrogens with zero attached hydrogens (tertiary/aromatic N) is 3. The van der Waals surface area contributed by atoms with Gasteiger partial charge in [0.05, 0.1) is 5.52 Å². The molecule has 0 aliphatic rings. The van der Waals surface area contributed by atoms with Crippen LogP contribution in [0.4, 0.5) is 15.9 Å². The molecule has 1 N–H and O–H groups in total. The van der Waals surface area contributed by atoms with Crippen molar-refractivity contribution in [2.24, 2.45) is 0 Å². The van der Waals surface area contributed by atoms with Gasteiger partial charge in [-0.2, -0.15) is 0 Å². The van der Waals surface area contributed by atoms with E-state index in [1.165, 1.54) is 18.5 Å². The Morgan fingerprint density at radius 3 is 2.59 bits per heavy atom. The Balaban J connectivity index is 1.64. The zero-order valence-corrected chi connectivity index (χ0v) is 15.6. The minimum atomic E-state index is -0.307. The minimum Gasteiger partial charge on any atom is -0.369 e. The summed E-state index contributed by atoms with van der Waals surface area (Å²) in [6, 6.07) is 12.5. The van der Waals surface area contributed by atoms with Crippen LogP contribution in [0.25, 0.3) is 10.9 Å². The first kappa shape index (κ1) is 18.8. The SMILES string of the molecule is CCC(=O)N(CC)c1ccc(CCNc2ncnc3ccc(F)cc23)cc1. The van der Waals surface area contributed by atoms with Crippen LogP contribution in [0.3, 0.4) is 0 Å². The Morgan fingerprint density at radius 2 is 1.89 bits per heavy atom. The number of hydrogen-bond donors (Lipinski definition) is 1. The molecule has 2 aromatic carbocycles. The molecule has 0 atom stereocenters. The van der Waals surface area contributed by atoms with E-state index in [1.54, 1.807) is 11.0 Å². The van der Waals surface area contributed by atoms with Crippen molar-refractivity contribution in [2.45, 2.75) is 26.7 Å². The van der Waals surface area contributed by atoms with Crippen molar-refractivity contribution >= 4 is 28.3 Å². The number of hydrogen-bond acceptors (Lipinski definition) is 4. The molecule has 0 bridgehead atoms. The summed E-state index contributed by atoms with van der Waals surface area (Å²) < 4.78 is 13.5. The van der Waals surface area contributed by atoms with Crippen LogP contribution in [-0.4, -0.2) is 29.0 Å². The molecule has 5 nitrogen and oxygen atoms in total. The van der Waals surface area contributed by atoms with Crippen molar-refractivity contribution in [3.05, 3.63) is 60.2 Å². The highest BCUT2D eigenvalue weighted by atomic mass is 19.1. The fourth-order valence-corrected chi connectivity index (χ4v) is 3.03. The van der Waals surface area contributed by atoms with Crippen molar-refractivity contribution in [3.63, 3.8) is 0 Å². The van der Waals surface area contributed by atoms with Crippen molar-refractivity contribution in [1.29, 1.82) is 0 Å². The van der Waals surface area contributed by atoms with Crippen molar-refractivity contribution < 1.29 is 9.18 Å². The first-order chi connectivity index (χ1) is 13.1. The van der Waals surface area contributed by atoms with Crippen molar-refractivity contribution in [1.82, 2.24) is 9.97 Å².